The van der Waals surface area contributed by atoms with Crippen LogP contribution in [0.3, 0.4) is 0 Å². The number of hydrogen-bond acceptors (Lipinski definition) is 3. The molecule has 5 aromatic rings. The van der Waals surface area contributed by atoms with Gasteiger partial charge in [0.1, 0.15) is 11.5 Å². The van der Waals surface area contributed by atoms with E-state index in [1.165, 1.54) is 0 Å². The number of phenolic OH excluding ortho intramolecular Hbond substituents is 2. The van der Waals surface area contributed by atoms with Gasteiger partial charge >= 0.3 is 0 Å². The van der Waals surface area contributed by atoms with Crippen LogP contribution in [-0.2, 0) is 25.8 Å². The van der Waals surface area contributed by atoms with E-state index in [1.807, 2.05) is 105 Å². The molecule has 0 bridgehead atoms. The normalized spacial score (nSPS) is 10.0. The van der Waals surface area contributed by atoms with E-state index >= 15 is 0 Å². The molecule has 0 saturated heterocycles. The zero-order chi connectivity index (χ0) is 23.7. The Morgan fingerprint density at radius 1 is 0.459 bits per heavy atom. The maximum atomic E-state index is 10.6. The number of phenols is 2. The fourth-order valence-electron chi connectivity index (χ4n) is 4.35. The molecule has 4 heteroatoms. The number of benzene rings is 4. The second kappa shape index (κ2) is 12.6. The predicted octanol–water partition coefficient (Wildman–Crippen LogP) is 8.68. The minimum atomic E-state index is 0. The van der Waals surface area contributed by atoms with Crippen LogP contribution in [0, 0.1) is 28.7 Å². The van der Waals surface area contributed by atoms with Gasteiger partial charge < -0.3 is 25.1 Å². The first-order valence-electron chi connectivity index (χ1n) is 11.3. The van der Waals surface area contributed by atoms with Crippen LogP contribution in [0.2, 0.25) is 0 Å². The summed E-state index contributed by atoms with van der Waals surface area (Å²) in [6, 6.07) is 33.2. The third-order valence-electron chi connectivity index (χ3n) is 6.04. The summed E-state index contributed by atoms with van der Waals surface area (Å²) in [5.74, 6) is 0.490. The minimum absolute atomic E-state index is 0. The van der Waals surface area contributed by atoms with Gasteiger partial charge in [-0.1, -0.05) is 77.9 Å². The average molecular weight is 652 g/mol. The molecule has 186 valence electrons. The molecule has 0 aliphatic carbocycles. The standard InChI is InChI=1S/C31H25NO2.2CH3.Hf/c1-20-14-16-30(33)26(18-20)22-8-3-5-10-24(22)28-12-7-13-29(32-28)25-11-6-4-9-23(25)27-19-21(2)15-17-31(27)34;;;/h3-19,33-34H,1-2H3;2*1H3;/q;2*-1;. The van der Waals surface area contributed by atoms with E-state index in [0.717, 1.165) is 55.9 Å². The van der Waals surface area contributed by atoms with Crippen molar-refractivity contribution in [2.45, 2.75) is 13.8 Å². The Kier molecular flexibility index (Phi) is 10.2. The van der Waals surface area contributed by atoms with Crippen LogP contribution < -0.4 is 0 Å². The van der Waals surface area contributed by atoms with Crippen LogP contribution in [-0.4, -0.2) is 15.2 Å². The van der Waals surface area contributed by atoms with Crippen molar-refractivity contribution in [3.8, 4) is 56.3 Å². The van der Waals surface area contributed by atoms with Crippen LogP contribution in [0.1, 0.15) is 11.1 Å². The fraction of sp³-hybridized carbons (Fsp3) is 0.0606. The van der Waals surface area contributed by atoms with Crippen molar-refractivity contribution in [2.24, 2.45) is 0 Å². The maximum absolute atomic E-state index is 10.6. The van der Waals surface area contributed by atoms with E-state index in [2.05, 4.69) is 0 Å². The molecule has 0 aliphatic heterocycles. The summed E-state index contributed by atoms with van der Waals surface area (Å²) in [7, 11) is 0. The van der Waals surface area contributed by atoms with Gasteiger partial charge in [-0.25, -0.2) is 4.98 Å². The third-order valence-corrected chi connectivity index (χ3v) is 6.04. The molecule has 3 nitrogen and oxygen atoms in total. The van der Waals surface area contributed by atoms with Crippen molar-refractivity contribution in [3.05, 3.63) is 129 Å². The van der Waals surface area contributed by atoms with Crippen molar-refractivity contribution in [2.75, 3.05) is 0 Å². The Hall–Kier alpha value is -3.50. The van der Waals surface area contributed by atoms with E-state index < -0.39 is 0 Å². The van der Waals surface area contributed by atoms with Crippen molar-refractivity contribution in [1.82, 2.24) is 4.98 Å². The summed E-state index contributed by atoms with van der Waals surface area (Å²) in [6.07, 6.45) is 0. The number of nitrogens with zero attached hydrogens (tertiary/aromatic N) is 1. The SMILES string of the molecule is Cc1ccc(O)c(-c2ccccc2-c2cccc(-c3ccccc3-c3cc(C)ccc3O)n2)c1.[CH3-].[CH3-].[Hf]. The van der Waals surface area contributed by atoms with E-state index in [0.29, 0.717) is 0 Å². The number of rotatable bonds is 4. The molecule has 5 rings (SSSR count). The molecule has 0 spiro atoms. The molecular formula is C33H31HfNO2-2. The smallest absolute Gasteiger partial charge is 0.123 e. The molecule has 4 aromatic carbocycles. The Morgan fingerprint density at radius 3 is 1.24 bits per heavy atom. The van der Waals surface area contributed by atoms with E-state index in [4.69, 9.17) is 4.98 Å². The largest absolute Gasteiger partial charge is 0.507 e. The third kappa shape index (κ3) is 6.08. The van der Waals surface area contributed by atoms with Gasteiger partial charge in [-0.05, 0) is 61.4 Å². The molecule has 1 aromatic heterocycles. The van der Waals surface area contributed by atoms with Gasteiger partial charge in [-0.15, -0.1) is 0 Å². The van der Waals surface area contributed by atoms with Crippen LogP contribution in [0.25, 0.3) is 44.8 Å². The number of aromatic hydroxyl groups is 2. The number of aryl methyl sites for hydroxylation is 2. The molecule has 0 atom stereocenters. The van der Waals surface area contributed by atoms with Crippen LogP contribution in [0.5, 0.6) is 11.5 Å². The zero-order valence-electron chi connectivity index (χ0n) is 21.7. The topological polar surface area (TPSA) is 53.4 Å². The number of aromatic nitrogens is 1. The Labute approximate surface area is 239 Å². The summed E-state index contributed by atoms with van der Waals surface area (Å²) in [4.78, 5) is 5.03. The van der Waals surface area contributed by atoms with Gasteiger partial charge in [-0.3, -0.25) is 0 Å². The molecular weight excluding hydrogens is 621 g/mol. The molecule has 2 N–H and O–H groups in total. The Bertz CT molecular complexity index is 1400. The number of pyridine rings is 1. The molecule has 0 radical (unpaired) electrons. The molecule has 37 heavy (non-hydrogen) atoms. The molecule has 0 saturated carbocycles. The maximum Gasteiger partial charge on any atom is 0.123 e. The van der Waals surface area contributed by atoms with Crippen molar-refractivity contribution < 1.29 is 36.1 Å². The van der Waals surface area contributed by atoms with E-state index in [-0.39, 0.29) is 52.2 Å². The minimum Gasteiger partial charge on any atom is -0.507 e. The first-order valence-corrected chi connectivity index (χ1v) is 11.3. The second-order valence-corrected chi connectivity index (χ2v) is 8.54. The second-order valence-electron chi connectivity index (χ2n) is 8.54. The van der Waals surface area contributed by atoms with Gasteiger partial charge in [0.25, 0.3) is 0 Å². The van der Waals surface area contributed by atoms with Crippen molar-refractivity contribution in [3.63, 3.8) is 0 Å². The van der Waals surface area contributed by atoms with Crippen LogP contribution in [0.4, 0.5) is 0 Å². The first kappa shape index (κ1) is 29.7. The number of hydrogen-bond donors (Lipinski definition) is 2. The van der Waals surface area contributed by atoms with Gasteiger partial charge in [0.15, 0.2) is 0 Å². The fourth-order valence-corrected chi connectivity index (χ4v) is 4.35. The predicted molar refractivity (Wildman–Crippen MR) is 152 cm³/mol. The Balaban J connectivity index is 0.00000160. The summed E-state index contributed by atoms with van der Waals surface area (Å²) in [5.41, 5.74) is 9.11. The zero-order valence-corrected chi connectivity index (χ0v) is 25.2. The van der Waals surface area contributed by atoms with Crippen molar-refractivity contribution in [1.29, 1.82) is 0 Å². The van der Waals surface area contributed by atoms with Crippen LogP contribution in [0.15, 0.2) is 103 Å². The summed E-state index contributed by atoms with van der Waals surface area (Å²) < 4.78 is 0. The van der Waals surface area contributed by atoms with Crippen molar-refractivity contribution >= 4 is 0 Å². The molecule has 1 heterocycles. The van der Waals surface area contributed by atoms with Crippen LogP contribution >= 0.6 is 0 Å². The van der Waals surface area contributed by atoms with Gasteiger partial charge in [-0.2, -0.15) is 0 Å². The summed E-state index contributed by atoms with van der Waals surface area (Å²) in [6.45, 7) is 4.03. The van der Waals surface area contributed by atoms with Gasteiger partial charge in [0.2, 0.25) is 0 Å². The van der Waals surface area contributed by atoms with Gasteiger partial charge in [0.05, 0.1) is 11.4 Å². The van der Waals surface area contributed by atoms with Gasteiger partial charge in [0, 0.05) is 48.1 Å². The molecule has 0 aliphatic rings. The average Bonchev–Trinajstić information content (AvgIpc) is 2.87. The monoisotopic (exact) mass is 653 g/mol. The molecule has 0 amide bonds. The summed E-state index contributed by atoms with van der Waals surface area (Å²) in [5, 5.41) is 21.1. The van der Waals surface area contributed by atoms with E-state index in [9.17, 15) is 10.2 Å². The molecule has 0 fully saturated rings. The first-order chi connectivity index (χ1) is 16.5. The Morgan fingerprint density at radius 2 is 0.838 bits per heavy atom. The van der Waals surface area contributed by atoms with E-state index in [1.54, 1.807) is 12.1 Å². The molecule has 0 unspecified atom stereocenters. The quantitative estimate of drug-likeness (QED) is 0.151. The summed E-state index contributed by atoms with van der Waals surface area (Å²) >= 11 is 0.